The quantitative estimate of drug-likeness (QED) is 0.814. The van der Waals surface area contributed by atoms with Crippen LogP contribution in [-0.4, -0.2) is 35.8 Å². The Hall–Kier alpha value is -1.91. The Bertz CT molecular complexity index is 599. The molecule has 2 fully saturated rings. The third-order valence-corrected chi connectivity index (χ3v) is 5.17. The van der Waals surface area contributed by atoms with Gasteiger partial charge in [-0.05, 0) is 37.3 Å². The maximum absolute atomic E-state index is 13.5. The van der Waals surface area contributed by atoms with Crippen LogP contribution in [0, 0.1) is 11.7 Å². The summed E-state index contributed by atoms with van der Waals surface area (Å²) >= 11 is 0. The number of rotatable bonds is 6. The van der Waals surface area contributed by atoms with Crippen LogP contribution in [0.5, 0.6) is 0 Å². The van der Waals surface area contributed by atoms with Crippen LogP contribution < -0.4 is 5.32 Å². The fourth-order valence-electron chi connectivity index (χ4n) is 3.81. The standard InChI is InChI=1S/C19H25FN2O2/c20-17-10-4-1-6-14(17)7-5-11-21-19(24)15-12-18(23)22(13-15)16-8-2-3-9-16/h1,4,6,10,15-16H,2-3,5,7-9,11-13H2,(H,21,24)/t15-/m0/s1. The molecule has 1 saturated heterocycles. The van der Waals surface area contributed by atoms with Crippen molar-refractivity contribution in [2.24, 2.45) is 5.92 Å². The molecule has 4 nitrogen and oxygen atoms in total. The molecule has 1 aromatic carbocycles. The van der Waals surface area contributed by atoms with Gasteiger partial charge < -0.3 is 10.2 Å². The largest absolute Gasteiger partial charge is 0.356 e. The van der Waals surface area contributed by atoms with E-state index in [9.17, 15) is 14.0 Å². The number of carbonyl (C=O) groups excluding carboxylic acids is 2. The minimum Gasteiger partial charge on any atom is -0.356 e. The van der Waals surface area contributed by atoms with Gasteiger partial charge in [0.15, 0.2) is 0 Å². The first kappa shape index (κ1) is 16.9. The van der Waals surface area contributed by atoms with Crippen LogP contribution in [0.15, 0.2) is 24.3 Å². The van der Waals surface area contributed by atoms with Crippen LogP contribution in [0.2, 0.25) is 0 Å². The van der Waals surface area contributed by atoms with Gasteiger partial charge in [0.2, 0.25) is 11.8 Å². The fourth-order valence-corrected chi connectivity index (χ4v) is 3.81. The number of amides is 2. The van der Waals surface area contributed by atoms with E-state index in [0.29, 0.717) is 44.0 Å². The number of aryl methyl sites for hydroxylation is 1. The number of hydrogen-bond acceptors (Lipinski definition) is 2. The summed E-state index contributed by atoms with van der Waals surface area (Å²) < 4.78 is 13.5. The SMILES string of the molecule is O=C(NCCCc1ccccc1F)[C@H]1CC(=O)N(C2CCCC2)C1. The van der Waals surface area contributed by atoms with Crippen molar-refractivity contribution in [3.05, 3.63) is 35.6 Å². The number of halogens is 1. The average Bonchev–Trinajstić information content (AvgIpc) is 3.22. The molecular formula is C19H25FN2O2. The molecule has 1 aromatic rings. The highest BCUT2D eigenvalue weighted by atomic mass is 19.1. The number of carbonyl (C=O) groups is 2. The lowest BCUT2D eigenvalue weighted by Crippen LogP contribution is -2.37. The average molecular weight is 332 g/mol. The minimum atomic E-state index is -0.230. The molecule has 1 heterocycles. The van der Waals surface area contributed by atoms with Crippen LogP contribution in [-0.2, 0) is 16.0 Å². The van der Waals surface area contributed by atoms with Gasteiger partial charge in [-0.3, -0.25) is 9.59 Å². The van der Waals surface area contributed by atoms with Gasteiger partial charge in [0.25, 0.3) is 0 Å². The summed E-state index contributed by atoms with van der Waals surface area (Å²) in [5.41, 5.74) is 0.676. The van der Waals surface area contributed by atoms with Crippen LogP contribution in [0.4, 0.5) is 4.39 Å². The Morgan fingerprint density at radius 1 is 1.25 bits per heavy atom. The zero-order chi connectivity index (χ0) is 16.9. The second-order valence-corrected chi connectivity index (χ2v) is 6.87. The number of benzene rings is 1. The van der Waals surface area contributed by atoms with E-state index < -0.39 is 0 Å². The first-order valence-corrected chi connectivity index (χ1v) is 8.95. The van der Waals surface area contributed by atoms with E-state index in [1.54, 1.807) is 12.1 Å². The van der Waals surface area contributed by atoms with Crippen molar-refractivity contribution < 1.29 is 14.0 Å². The maximum atomic E-state index is 13.5. The number of likely N-dealkylation sites (tertiary alicyclic amines) is 1. The van der Waals surface area contributed by atoms with Crippen molar-refractivity contribution in [3.63, 3.8) is 0 Å². The van der Waals surface area contributed by atoms with Gasteiger partial charge in [-0.15, -0.1) is 0 Å². The smallest absolute Gasteiger partial charge is 0.225 e. The molecule has 1 atom stereocenters. The Morgan fingerprint density at radius 2 is 2.00 bits per heavy atom. The van der Waals surface area contributed by atoms with Gasteiger partial charge >= 0.3 is 0 Å². The molecule has 0 radical (unpaired) electrons. The summed E-state index contributed by atoms with van der Waals surface area (Å²) in [4.78, 5) is 26.3. The third kappa shape index (κ3) is 3.94. The molecule has 1 N–H and O–H groups in total. The Balaban J connectivity index is 1.41. The highest BCUT2D eigenvalue weighted by Gasteiger charge is 2.38. The molecule has 2 amide bonds. The molecule has 0 bridgehead atoms. The summed E-state index contributed by atoms with van der Waals surface area (Å²) in [6.07, 6.45) is 6.13. The predicted molar refractivity (Wildman–Crippen MR) is 89.8 cm³/mol. The van der Waals surface area contributed by atoms with Gasteiger partial charge in [0.05, 0.1) is 5.92 Å². The van der Waals surface area contributed by atoms with E-state index >= 15 is 0 Å². The summed E-state index contributed by atoms with van der Waals surface area (Å²) in [5, 5.41) is 2.91. The van der Waals surface area contributed by atoms with Gasteiger partial charge in [0, 0.05) is 25.6 Å². The summed E-state index contributed by atoms with van der Waals surface area (Å²) in [5.74, 6) is -0.352. The maximum Gasteiger partial charge on any atom is 0.225 e. The first-order chi connectivity index (χ1) is 11.6. The molecule has 1 aliphatic carbocycles. The molecule has 130 valence electrons. The van der Waals surface area contributed by atoms with E-state index in [-0.39, 0.29) is 23.5 Å². The van der Waals surface area contributed by atoms with E-state index in [1.807, 2.05) is 11.0 Å². The lowest BCUT2D eigenvalue weighted by Gasteiger charge is -2.23. The van der Waals surface area contributed by atoms with Crippen LogP contribution in [0.25, 0.3) is 0 Å². The Labute approximate surface area is 142 Å². The second kappa shape index (κ2) is 7.77. The van der Waals surface area contributed by atoms with Crippen molar-refractivity contribution in [3.8, 4) is 0 Å². The number of nitrogens with one attached hydrogen (secondary N) is 1. The normalized spacial score (nSPS) is 21.5. The Morgan fingerprint density at radius 3 is 2.75 bits per heavy atom. The topological polar surface area (TPSA) is 49.4 Å². The monoisotopic (exact) mass is 332 g/mol. The van der Waals surface area contributed by atoms with Crippen LogP contribution in [0.1, 0.15) is 44.1 Å². The molecule has 3 rings (SSSR count). The molecule has 5 heteroatoms. The lowest BCUT2D eigenvalue weighted by atomic mass is 10.1. The van der Waals surface area contributed by atoms with E-state index in [4.69, 9.17) is 0 Å². The van der Waals surface area contributed by atoms with Crippen LogP contribution in [0.3, 0.4) is 0 Å². The molecule has 24 heavy (non-hydrogen) atoms. The second-order valence-electron chi connectivity index (χ2n) is 6.87. The van der Waals surface area contributed by atoms with Crippen molar-refractivity contribution in [1.82, 2.24) is 10.2 Å². The number of nitrogens with zero attached hydrogens (tertiary/aromatic N) is 1. The Kier molecular flexibility index (Phi) is 5.48. The van der Waals surface area contributed by atoms with E-state index in [1.165, 1.54) is 18.9 Å². The van der Waals surface area contributed by atoms with Gasteiger partial charge in [-0.1, -0.05) is 31.0 Å². The molecule has 0 aromatic heterocycles. The van der Waals surface area contributed by atoms with Gasteiger partial charge in [0.1, 0.15) is 5.82 Å². The zero-order valence-electron chi connectivity index (χ0n) is 14.0. The molecule has 1 aliphatic heterocycles. The summed E-state index contributed by atoms with van der Waals surface area (Å²) in [7, 11) is 0. The van der Waals surface area contributed by atoms with Crippen LogP contribution >= 0.6 is 0 Å². The fraction of sp³-hybridized carbons (Fsp3) is 0.579. The van der Waals surface area contributed by atoms with Gasteiger partial charge in [-0.2, -0.15) is 0 Å². The highest BCUT2D eigenvalue weighted by molar-refractivity contribution is 5.89. The molecule has 0 spiro atoms. The minimum absolute atomic E-state index is 0.0441. The van der Waals surface area contributed by atoms with E-state index in [0.717, 1.165) is 12.8 Å². The predicted octanol–water partition coefficient (Wildman–Crippen LogP) is 2.67. The van der Waals surface area contributed by atoms with Crippen molar-refractivity contribution >= 4 is 11.8 Å². The van der Waals surface area contributed by atoms with E-state index in [2.05, 4.69) is 5.32 Å². The summed E-state index contributed by atoms with van der Waals surface area (Å²) in [6, 6.07) is 7.06. The van der Waals surface area contributed by atoms with Crippen molar-refractivity contribution in [2.45, 2.75) is 51.0 Å². The molecular weight excluding hydrogens is 307 g/mol. The zero-order valence-corrected chi connectivity index (χ0v) is 14.0. The first-order valence-electron chi connectivity index (χ1n) is 8.95. The van der Waals surface area contributed by atoms with Gasteiger partial charge in [-0.25, -0.2) is 4.39 Å². The number of hydrogen-bond donors (Lipinski definition) is 1. The summed E-state index contributed by atoms with van der Waals surface area (Å²) in [6.45, 7) is 1.07. The van der Waals surface area contributed by atoms with Crippen molar-refractivity contribution in [2.75, 3.05) is 13.1 Å². The van der Waals surface area contributed by atoms with Crippen molar-refractivity contribution in [1.29, 1.82) is 0 Å². The molecule has 2 aliphatic rings. The lowest BCUT2D eigenvalue weighted by molar-refractivity contribution is -0.130. The molecule has 1 saturated carbocycles. The third-order valence-electron chi connectivity index (χ3n) is 5.17. The molecule has 0 unspecified atom stereocenters. The highest BCUT2D eigenvalue weighted by Crippen LogP contribution is 2.29.